The summed E-state index contributed by atoms with van der Waals surface area (Å²) in [6.45, 7) is 1.09. The molecule has 0 bridgehead atoms. The van der Waals surface area contributed by atoms with Gasteiger partial charge in [-0.25, -0.2) is 10.1 Å². The maximum atomic E-state index is 13.7. The van der Waals surface area contributed by atoms with Gasteiger partial charge in [0, 0.05) is 19.6 Å². The van der Waals surface area contributed by atoms with Crippen molar-refractivity contribution in [1.29, 1.82) is 0 Å². The number of aliphatic carboxylic acids is 1. The van der Waals surface area contributed by atoms with Gasteiger partial charge in [0.05, 0.1) is 6.33 Å². The van der Waals surface area contributed by atoms with E-state index in [1.54, 1.807) is 18.2 Å². The summed E-state index contributed by atoms with van der Waals surface area (Å²) in [7, 11) is -2.64. The molecule has 0 radical (unpaired) electrons. The van der Waals surface area contributed by atoms with Crippen LogP contribution in [0.2, 0.25) is 5.28 Å². The molecule has 1 saturated carbocycles. The molecule has 17 heteroatoms. The minimum atomic E-state index is -4.05. The molecule has 2 aliphatic rings. The van der Waals surface area contributed by atoms with Gasteiger partial charge in [0.1, 0.15) is 36.3 Å². The van der Waals surface area contributed by atoms with Crippen molar-refractivity contribution in [3.63, 3.8) is 0 Å². The highest BCUT2D eigenvalue weighted by molar-refractivity contribution is 7.58. The van der Waals surface area contributed by atoms with Crippen LogP contribution >= 0.6 is 19.1 Å². The summed E-state index contributed by atoms with van der Waals surface area (Å²) < 4.78 is 26.7. The topological polar surface area (TPSA) is 201 Å². The van der Waals surface area contributed by atoms with Crippen LogP contribution in [0.3, 0.4) is 0 Å². The van der Waals surface area contributed by atoms with Gasteiger partial charge in [0.15, 0.2) is 23.2 Å². The number of nitrogens with one attached hydrogen (secondary N) is 2. The van der Waals surface area contributed by atoms with Gasteiger partial charge in [-0.3, -0.25) is 18.7 Å². The number of hydrogen-bond acceptors (Lipinski definition) is 11. The molecule has 44 heavy (non-hydrogen) atoms. The highest BCUT2D eigenvalue weighted by Gasteiger charge is 2.45. The molecule has 1 aliphatic heterocycles. The van der Waals surface area contributed by atoms with Gasteiger partial charge in [-0.15, -0.1) is 0 Å². The number of carbonyl (C=O) groups excluding carboxylic acids is 1. The second kappa shape index (κ2) is 13.3. The number of ether oxygens (including phenoxy) is 1. The molecule has 6 atom stereocenters. The summed E-state index contributed by atoms with van der Waals surface area (Å²) in [5, 5.41) is 36.9. The zero-order valence-corrected chi connectivity index (χ0v) is 25.8. The number of aromatic nitrogens is 4. The number of halogens is 1. The predicted octanol–water partition coefficient (Wildman–Crippen LogP) is 2.25. The Labute approximate surface area is 258 Å². The van der Waals surface area contributed by atoms with E-state index in [-0.39, 0.29) is 23.6 Å². The lowest BCUT2D eigenvalue weighted by Gasteiger charge is -2.26. The largest absolute Gasteiger partial charge is 0.480 e. The Morgan fingerprint density at radius 2 is 1.91 bits per heavy atom. The Balaban J connectivity index is 1.29. The predicted molar refractivity (Wildman–Crippen MR) is 160 cm³/mol. The van der Waals surface area contributed by atoms with Crippen molar-refractivity contribution < 1.29 is 38.7 Å². The fourth-order valence-corrected chi connectivity index (χ4v) is 7.46. The van der Waals surface area contributed by atoms with Crippen LogP contribution in [-0.2, 0) is 18.9 Å². The quantitative estimate of drug-likeness (QED) is 0.141. The summed E-state index contributed by atoms with van der Waals surface area (Å²) in [6.07, 6.45) is -0.0136. The molecule has 1 amide bonds. The minimum absolute atomic E-state index is 0.0253. The molecule has 2 fully saturated rings. The number of likely N-dealkylation sites (N-methyl/N-ethyl adjacent to an activating group) is 1. The maximum absolute atomic E-state index is 13.7. The number of amides is 1. The highest BCUT2D eigenvalue weighted by atomic mass is 35.5. The first kappa shape index (κ1) is 32.1. The Kier molecular flexibility index (Phi) is 9.73. The Morgan fingerprint density at radius 3 is 2.59 bits per heavy atom. The number of carboxylic acid groups (broad SMARTS) is 1. The number of para-hydroxylation sites is 1. The summed E-state index contributed by atoms with van der Waals surface area (Å²) >= 11 is 6.22. The van der Waals surface area contributed by atoms with Crippen molar-refractivity contribution in [2.24, 2.45) is 0 Å². The number of imidazole rings is 1. The van der Waals surface area contributed by atoms with Crippen molar-refractivity contribution in [3.05, 3.63) is 41.9 Å². The average Bonchev–Trinajstić information content (AvgIpc) is 3.70. The van der Waals surface area contributed by atoms with Gasteiger partial charge >= 0.3 is 13.5 Å². The fraction of sp³-hybridized carbons (Fsp3) is 0.519. The first-order valence-corrected chi connectivity index (χ1v) is 16.4. The first-order valence-electron chi connectivity index (χ1n) is 14.2. The smallest absolute Gasteiger partial charge is 0.326 e. The number of nitrogens with zero attached hydrogens (tertiary/aromatic N) is 5. The van der Waals surface area contributed by atoms with Crippen molar-refractivity contribution in [1.82, 2.24) is 29.5 Å². The minimum Gasteiger partial charge on any atom is -0.480 e. The number of rotatable bonds is 12. The van der Waals surface area contributed by atoms with E-state index >= 15 is 0 Å². The summed E-state index contributed by atoms with van der Waals surface area (Å²) in [5.41, 5.74) is 0.726. The van der Waals surface area contributed by atoms with Crippen molar-refractivity contribution in [3.8, 4) is 5.75 Å². The summed E-state index contributed by atoms with van der Waals surface area (Å²) in [4.78, 5) is 38.8. The number of hydrogen-bond donors (Lipinski definition) is 5. The molecular formula is C27H35ClN7O8P. The molecule has 0 spiro atoms. The molecule has 1 aromatic carbocycles. The molecule has 238 valence electrons. The SMILES string of the molecule is CC(NP(=O)(CC(=O)N(C)C[C@H]1O[C@@H](n2cnc3c(NC4CCCC4)nc(Cl)nc32)[C@H](O)[C@@H]1O)Oc1ccccc1)C(=O)O. The first-order chi connectivity index (χ1) is 20.9. The maximum Gasteiger partial charge on any atom is 0.326 e. The highest BCUT2D eigenvalue weighted by Crippen LogP contribution is 2.44. The summed E-state index contributed by atoms with van der Waals surface area (Å²) in [5.74, 6) is -1.29. The lowest BCUT2D eigenvalue weighted by molar-refractivity contribution is -0.138. The number of fused-ring (bicyclic) bond motifs is 1. The lowest BCUT2D eigenvalue weighted by atomic mass is 10.1. The third-order valence-corrected chi connectivity index (χ3v) is 9.82. The number of aliphatic hydroxyl groups is 2. The molecule has 3 heterocycles. The third kappa shape index (κ3) is 7.14. The van der Waals surface area contributed by atoms with Crippen LogP contribution in [0.25, 0.3) is 11.2 Å². The fourth-order valence-electron chi connectivity index (χ4n) is 5.33. The van der Waals surface area contributed by atoms with Gasteiger partial charge in [-0.2, -0.15) is 9.97 Å². The molecular weight excluding hydrogens is 617 g/mol. The lowest BCUT2D eigenvalue weighted by Crippen LogP contribution is -2.43. The van der Waals surface area contributed by atoms with Crippen LogP contribution in [0.1, 0.15) is 38.8 Å². The number of carbonyl (C=O) groups is 2. The number of benzene rings is 1. The van der Waals surface area contributed by atoms with Crippen LogP contribution in [0, 0.1) is 0 Å². The van der Waals surface area contributed by atoms with Gasteiger partial charge in [-0.1, -0.05) is 31.0 Å². The standard InChI is InChI=1S/C27H35ClN7O8P/c1-15(26(39)40)33-44(41,43-17-10-4-3-5-11-17)13-19(36)34(2)12-18-21(37)22(38)25(42-18)35-14-29-20-23(30-16-8-6-7-9-16)31-27(28)32-24(20)35/h3-5,10-11,14-16,18,21-22,25,37-38H,6-9,12-13H2,1-2H3,(H,33,41)(H,39,40)(H,30,31,32)/t15?,18-,21-,22-,25-,44?/m1/s1. The van der Waals surface area contributed by atoms with E-state index < -0.39 is 56.1 Å². The van der Waals surface area contributed by atoms with Gasteiger partial charge in [-0.05, 0) is 43.5 Å². The average molecular weight is 652 g/mol. The second-order valence-electron chi connectivity index (χ2n) is 11.0. The van der Waals surface area contributed by atoms with Crippen molar-refractivity contribution in [2.75, 3.05) is 25.1 Å². The van der Waals surface area contributed by atoms with E-state index in [1.807, 2.05) is 0 Å². The monoisotopic (exact) mass is 651 g/mol. The van der Waals surface area contributed by atoms with Gasteiger partial charge in [0.2, 0.25) is 11.2 Å². The van der Waals surface area contributed by atoms with Crippen LogP contribution in [0.4, 0.5) is 5.82 Å². The van der Waals surface area contributed by atoms with E-state index in [9.17, 15) is 29.5 Å². The van der Waals surface area contributed by atoms with Gasteiger partial charge in [0.25, 0.3) is 0 Å². The third-order valence-electron chi connectivity index (χ3n) is 7.68. The molecule has 2 unspecified atom stereocenters. The molecule has 3 aromatic rings. The van der Waals surface area contributed by atoms with Crippen molar-refractivity contribution in [2.45, 2.75) is 69.2 Å². The number of anilines is 1. The molecule has 1 aliphatic carbocycles. The number of aliphatic hydroxyl groups excluding tert-OH is 2. The summed E-state index contributed by atoms with van der Waals surface area (Å²) in [6, 6.07) is 7.04. The van der Waals surface area contributed by atoms with E-state index in [2.05, 4.69) is 25.4 Å². The van der Waals surface area contributed by atoms with Crippen molar-refractivity contribution >= 4 is 48.0 Å². The molecule has 1 saturated heterocycles. The molecule has 5 N–H and O–H groups in total. The zero-order chi connectivity index (χ0) is 31.6. The molecule has 2 aromatic heterocycles. The van der Waals surface area contributed by atoms with Gasteiger partial charge < -0.3 is 34.8 Å². The van der Waals surface area contributed by atoms with E-state index in [4.69, 9.17) is 20.9 Å². The van der Waals surface area contributed by atoms with Crippen LogP contribution in [-0.4, -0.2) is 102 Å². The van der Waals surface area contributed by atoms with Crippen LogP contribution < -0.4 is 14.9 Å². The van der Waals surface area contributed by atoms with E-state index in [1.165, 1.54) is 41.9 Å². The zero-order valence-electron chi connectivity index (χ0n) is 24.1. The molecule has 15 nitrogen and oxygen atoms in total. The Hall–Kier alpha value is -3.33. The van der Waals surface area contributed by atoms with E-state index in [0.717, 1.165) is 25.7 Å². The second-order valence-corrected chi connectivity index (χ2v) is 13.5. The van der Waals surface area contributed by atoms with Crippen LogP contribution in [0.15, 0.2) is 36.7 Å². The normalized spacial score (nSPS) is 24.2. The Bertz CT molecular complexity index is 1540. The number of carboxylic acids is 1. The molecule has 5 rings (SSSR count). The van der Waals surface area contributed by atoms with E-state index in [0.29, 0.717) is 17.0 Å². The Morgan fingerprint density at radius 1 is 1.20 bits per heavy atom. The van der Waals surface area contributed by atoms with Crippen LogP contribution in [0.5, 0.6) is 5.75 Å².